The first-order valence-electron chi connectivity index (χ1n) is 7.67. The highest BCUT2D eigenvalue weighted by Crippen LogP contribution is 2.27. The molecular weight excluding hydrogens is 292 g/mol. The lowest BCUT2D eigenvalue weighted by Crippen LogP contribution is -2.57. The quantitative estimate of drug-likeness (QED) is 0.666. The summed E-state index contributed by atoms with van der Waals surface area (Å²) >= 11 is 0. The predicted octanol–water partition coefficient (Wildman–Crippen LogP) is 0.00790. The smallest absolute Gasteiger partial charge is 0.237 e. The number of rotatable bonds is 5. The standard InChI is InChI=1S/C14H26N4O2.ClH/c15-13(20)14(5-2-1-3-6-14)17-7-4-12(19)18-10-8-16-9-11-18;/h16-17H,1-11H2,(H2,15,20);1H. The highest BCUT2D eigenvalue weighted by atomic mass is 35.5. The summed E-state index contributed by atoms with van der Waals surface area (Å²) in [4.78, 5) is 25.7. The molecule has 4 N–H and O–H groups in total. The van der Waals surface area contributed by atoms with Gasteiger partial charge in [-0.25, -0.2) is 0 Å². The van der Waals surface area contributed by atoms with Crippen molar-refractivity contribution in [2.75, 3.05) is 32.7 Å². The lowest BCUT2D eigenvalue weighted by Gasteiger charge is -2.35. The Morgan fingerprint density at radius 1 is 1.14 bits per heavy atom. The fourth-order valence-electron chi connectivity index (χ4n) is 3.15. The van der Waals surface area contributed by atoms with E-state index in [0.717, 1.165) is 58.3 Å². The lowest BCUT2D eigenvalue weighted by atomic mass is 9.81. The number of hydrogen-bond acceptors (Lipinski definition) is 4. The van der Waals surface area contributed by atoms with Gasteiger partial charge in [-0.2, -0.15) is 0 Å². The summed E-state index contributed by atoms with van der Waals surface area (Å²) in [5.74, 6) is -0.110. The summed E-state index contributed by atoms with van der Waals surface area (Å²) in [7, 11) is 0. The van der Waals surface area contributed by atoms with E-state index in [9.17, 15) is 9.59 Å². The fraction of sp³-hybridized carbons (Fsp3) is 0.857. The van der Waals surface area contributed by atoms with Crippen LogP contribution >= 0.6 is 12.4 Å². The molecule has 1 aliphatic carbocycles. The third kappa shape index (κ3) is 4.83. The Hall–Kier alpha value is -0.850. The summed E-state index contributed by atoms with van der Waals surface area (Å²) in [6, 6.07) is 0. The highest BCUT2D eigenvalue weighted by Gasteiger charge is 2.37. The maximum atomic E-state index is 12.1. The molecule has 2 amide bonds. The molecule has 2 aliphatic rings. The minimum absolute atomic E-state index is 0. The third-order valence-corrected chi connectivity index (χ3v) is 4.45. The van der Waals surface area contributed by atoms with E-state index in [1.807, 2.05) is 4.90 Å². The monoisotopic (exact) mass is 318 g/mol. The summed E-state index contributed by atoms with van der Waals surface area (Å²) in [6.45, 7) is 3.82. The zero-order chi connectivity index (χ0) is 14.4. The molecule has 0 spiro atoms. The van der Waals surface area contributed by atoms with Crippen LogP contribution < -0.4 is 16.4 Å². The van der Waals surface area contributed by atoms with Crippen LogP contribution in [0.3, 0.4) is 0 Å². The van der Waals surface area contributed by atoms with E-state index >= 15 is 0 Å². The minimum Gasteiger partial charge on any atom is -0.368 e. The van der Waals surface area contributed by atoms with E-state index < -0.39 is 5.54 Å². The fourth-order valence-corrected chi connectivity index (χ4v) is 3.15. The first kappa shape index (κ1) is 18.2. The largest absolute Gasteiger partial charge is 0.368 e. The topological polar surface area (TPSA) is 87.5 Å². The molecule has 1 saturated heterocycles. The molecule has 2 fully saturated rings. The van der Waals surface area contributed by atoms with Gasteiger partial charge in [0.1, 0.15) is 0 Å². The Kier molecular flexibility index (Phi) is 7.42. The third-order valence-electron chi connectivity index (χ3n) is 4.45. The van der Waals surface area contributed by atoms with Gasteiger partial charge in [-0.3, -0.25) is 9.59 Å². The number of piperazine rings is 1. The first-order chi connectivity index (χ1) is 9.64. The summed E-state index contributed by atoms with van der Waals surface area (Å²) in [5.41, 5.74) is 4.98. The molecule has 7 heteroatoms. The molecular formula is C14H27ClN4O2. The van der Waals surface area contributed by atoms with E-state index in [0.29, 0.717) is 13.0 Å². The number of nitrogens with one attached hydrogen (secondary N) is 2. The second-order valence-electron chi connectivity index (χ2n) is 5.81. The zero-order valence-corrected chi connectivity index (χ0v) is 13.3. The first-order valence-corrected chi connectivity index (χ1v) is 7.67. The van der Waals surface area contributed by atoms with Crippen molar-refractivity contribution in [3.8, 4) is 0 Å². The molecule has 0 atom stereocenters. The van der Waals surface area contributed by atoms with E-state index in [1.165, 1.54) is 0 Å². The van der Waals surface area contributed by atoms with Gasteiger partial charge in [0.05, 0.1) is 5.54 Å². The van der Waals surface area contributed by atoms with Crippen molar-refractivity contribution in [2.24, 2.45) is 5.73 Å². The Balaban J connectivity index is 0.00000220. The van der Waals surface area contributed by atoms with E-state index in [-0.39, 0.29) is 24.2 Å². The van der Waals surface area contributed by atoms with E-state index in [2.05, 4.69) is 10.6 Å². The van der Waals surface area contributed by atoms with Crippen molar-refractivity contribution < 1.29 is 9.59 Å². The molecule has 0 aromatic rings. The van der Waals surface area contributed by atoms with Crippen LogP contribution in [0.15, 0.2) is 0 Å². The second-order valence-corrected chi connectivity index (χ2v) is 5.81. The van der Waals surface area contributed by atoms with Crippen LogP contribution in [0.4, 0.5) is 0 Å². The molecule has 0 aromatic carbocycles. The molecule has 6 nitrogen and oxygen atoms in total. The van der Waals surface area contributed by atoms with Gasteiger partial charge in [0.15, 0.2) is 0 Å². The molecule has 0 unspecified atom stereocenters. The number of nitrogens with zero attached hydrogens (tertiary/aromatic N) is 1. The van der Waals surface area contributed by atoms with Crippen molar-refractivity contribution in [3.63, 3.8) is 0 Å². The van der Waals surface area contributed by atoms with Crippen molar-refractivity contribution in [1.29, 1.82) is 0 Å². The second kappa shape index (κ2) is 8.56. The van der Waals surface area contributed by atoms with Crippen LogP contribution in [0.2, 0.25) is 0 Å². The summed E-state index contributed by atoms with van der Waals surface area (Å²) in [6.07, 6.45) is 5.25. The van der Waals surface area contributed by atoms with Gasteiger partial charge in [-0.15, -0.1) is 12.4 Å². The SMILES string of the molecule is Cl.NC(=O)C1(NCCC(=O)N2CCNCC2)CCCCC1. The molecule has 0 radical (unpaired) electrons. The average Bonchev–Trinajstić information content (AvgIpc) is 2.49. The Morgan fingerprint density at radius 3 is 2.33 bits per heavy atom. The van der Waals surface area contributed by atoms with Crippen LogP contribution in [-0.4, -0.2) is 55.0 Å². The highest BCUT2D eigenvalue weighted by molar-refractivity contribution is 5.85. The number of primary amides is 1. The van der Waals surface area contributed by atoms with E-state index in [1.54, 1.807) is 0 Å². The molecule has 0 aromatic heterocycles. The van der Waals surface area contributed by atoms with Crippen LogP contribution in [0, 0.1) is 0 Å². The van der Waals surface area contributed by atoms with E-state index in [4.69, 9.17) is 5.73 Å². The number of halogens is 1. The average molecular weight is 319 g/mol. The molecule has 122 valence electrons. The van der Waals surface area contributed by atoms with Gasteiger partial charge >= 0.3 is 0 Å². The molecule has 0 bridgehead atoms. The van der Waals surface area contributed by atoms with Crippen LogP contribution in [0.5, 0.6) is 0 Å². The van der Waals surface area contributed by atoms with Gasteiger partial charge < -0.3 is 21.3 Å². The number of amides is 2. The lowest BCUT2D eigenvalue weighted by molar-refractivity contribution is -0.132. The maximum Gasteiger partial charge on any atom is 0.237 e. The molecule has 1 heterocycles. The number of hydrogen-bond donors (Lipinski definition) is 3. The molecule has 21 heavy (non-hydrogen) atoms. The normalized spacial score (nSPS) is 21.4. The van der Waals surface area contributed by atoms with Gasteiger partial charge in [0.2, 0.25) is 11.8 Å². The Labute approximate surface area is 132 Å². The molecule has 1 aliphatic heterocycles. The van der Waals surface area contributed by atoms with Crippen molar-refractivity contribution >= 4 is 24.2 Å². The maximum absolute atomic E-state index is 12.1. The number of carbonyl (C=O) groups excluding carboxylic acids is 2. The Bertz CT molecular complexity index is 353. The Morgan fingerprint density at radius 2 is 1.76 bits per heavy atom. The molecule has 2 rings (SSSR count). The van der Waals surface area contributed by atoms with Crippen LogP contribution in [-0.2, 0) is 9.59 Å². The zero-order valence-electron chi connectivity index (χ0n) is 12.5. The van der Waals surface area contributed by atoms with Crippen LogP contribution in [0.25, 0.3) is 0 Å². The number of carbonyl (C=O) groups is 2. The van der Waals surface area contributed by atoms with Gasteiger partial charge in [-0.1, -0.05) is 19.3 Å². The van der Waals surface area contributed by atoms with Crippen molar-refractivity contribution in [2.45, 2.75) is 44.1 Å². The van der Waals surface area contributed by atoms with Gasteiger partial charge in [0.25, 0.3) is 0 Å². The predicted molar refractivity (Wildman–Crippen MR) is 84.3 cm³/mol. The van der Waals surface area contributed by atoms with Gasteiger partial charge in [0, 0.05) is 39.1 Å². The van der Waals surface area contributed by atoms with Crippen molar-refractivity contribution in [1.82, 2.24) is 15.5 Å². The van der Waals surface area contributed by atoms with Gasteiger partial charge in [-0.05, 0) is 12.8 Å². The summed E-state index contributed by atoms with van der Waals surface area (Å²) < 4.78 is 0. The minimum atomic E-state index is -0.581. The number of nitrogens with two attached hydrogens (primary N) is 1. The van der Waals surface area contributed by atoms with Crippen molar-refractivity contribution in [3.05, 3.63) is 0 Å². The van der Waals surface area contributed by atoms with Crippen LogP contribution in [0.1, 0.15) is 38.5 Å². The summed E-state index contributed by atoms with van der Waals surface area (Å²) in [5, 5.41) is 6.49. The molecule has 1 saturated carbocycles.